The van der Waals surface area contributed by atoms with E-state index in [1.165, 1.54) is 5.56 Å². The number of halogens is 10. The number of aromatic nitrogens is 1. The summed E-state index contributed by atoms with van der Waals surface area (Å²) in [6.45, 7) is 4.42. The van der Waals surface area contributed by atoms with E-state index in [9.17, 15) is 60.7 Å². The van der Waals surface area contributed by atoms with Gasteiger partial charge in [-0.25, -0.2) is 16.8 Å². The van der Waals surface area contributed by atoms with Gasteiger partial charge in [0.15, 0.2) is 32.4 Å². The Labute approximate surface area is 218 Å². The van der Waals surface area contributed by atoms with E-state index >= 15 is 0 Å². The lowest BCUT2D eigenvalue weighted by atomic mass is 10.0. The maximum absolute atomic E-state index is 12.3. The summed E-state index contributed by atoms with van der Waals surface area (Å²) in [5.74, 6) is 0.557. The normalized spacial score (nSPS) is 14.9. The number of alkyl halides is 10. The summed E-state index contributed by atoms with van der Waals surface area (Å²) in [5.41, 5.74) is 1.33. The Morgan fingerprint density at radius 2 is 1.23 bits per heavy atom. The van der Waals surface area contributed by atoms with Gasteiger partial charge in [0.25, 0.3) is 0 Å². The molecule has 1 atom stereocenters. The van der Waals surface area contributed by atoms with E-state index in [1.807, 2.05) is 6.20 Å². The highest BCUT2D eigenvalue weighted by Gasteiger charge is 2.68. The summed E-state index contributed by atoms with van der Waals surface area (Å²) in [7, 11) is -12.9. The van der Waals surface area contributed by atoms with E-state index in [0.717, 1.165) is 6.42 Å². The largest absolute Gasteiger partial charge is 0.569 e. The smallest absolute Gasteiger partial charge is 0.425 e. The van der Waals surface area contributed by atoms with Gasteiger partial charge in [-0.3, -0.25) is 0 Å². The van der Waals surface area contributed by atoms with Gasteiger partial charge >= 0.3 is 31.7 Å². The number of hydrogen-bond acceptors (Lipinski definition) is 7. The maximum atomic E-state index is 12.3. The van der Waals surface area contributed by atoms with Gasteiger partial charge in [-0.2, -0.15) is 48.5 Å². The van der Waals surface area contributed by atoms with E-state index in [-0.39, 0.29) is 0 Å². The molecule has 0 saturated carbocycles. The highest BCUT2D eigenvalue weighted by Crippen LogP contribution is 2.47. The zero-order chi connectivity index (χ0) is 31.3. The van der Waals surface area contributed by atoms with Crippen molar-refractivity contribution in [1.29, 1.82) is 0 Å². The third-order valence-electron chi connectivity index (χ3n) is 4.88. The van der Waals surface area contributed by atoms with Crippen LogP contribution in [0.1, 0.15) is 31.7 Å². The van der Waals surface area contributed by atoms with E-state index < -0.39 is 51.7 Å². The Morgan fingerprint density at radius 1 is 0.846 bits per heavy atom. The fourth-order valence-corrected chi connectivity index (χ4v) is 6.25. The summed E-state index contributed by atoms with van der Waals surface area (Å²) < 4.78 is 179. The molecule has 0 spiro atoms. The lowest BCUT2D eigenvalue weighted by molar-refractivity contribution is -0.685. The van der Waals surface area contributed by atoms with Crippen molar-refractivity contribution in [2.75, 3.05) is 21.3 Å². The lowest BCUT2D eigenvalue weighted by Crippen LogP contribution is -2.56. The quantitative estimate of drug-likeness (QED) is 0.200. The summed E-state index contributed by atoms with van der Waals surface area (Å²) in [4.78, 5) is 0. The number of pyridine rings is 1. The topological polar surface area (TPSA) is 114 Å². The molecular weight excluding hydrogens is 626 g/mol. The van der Waals surface area contributed by atoms with Crippen LogP contribution in [-0.4, -0.2) is 69.8 Å². The average molecular weight is 651 g/mol. The molecule has 22 heteroatoms. The van der Waals surface area contributed by atoms with Gasteiger partial charge in [-0.1, -0.05) is 13.8 Å². The monoisotopic (exact) mass is 650 g/mol. The molecule has 0 N–H and O–H groups in total. The Hall–Kier alpha value is -1.59. The van der Waals surface area contributed by atoms with E-state index in [2.05, 4.69) is 36.7 Å². The van der Waals surface area contributed by atoms with Crippen molar-refractivity contribution in [2.45, 2.75) is 55.2 Å². The van der Waals surface area contributed by atoms with Crippen LogP contribution in [0, 0.1) is 0 Å². The van der Waals surface area contributed by atoms with Gasteiger partial charge in [0, 0.05) is 33.0 Å². The SMILES string of the molecule is CCC(C)c1ccc[n+](C[Si](OC)(OC)OC)c1.O=S(=O)([N-]S(=O)(=O)C(F)(F)C(F)(F)F)C(F)(F)C(F)(F)F. The van der Waals surface area contributed by atoms with Crippen molar-refractivity contribution < 1.29 is 78.6 Å². The minimum absolute atomic E-state index is 0.422. The molecule has 0 aliphatic carbocycles. The molecule has 1 unspecified atom stereocenters. The molecule has 0 aromatic carbocycles. The van der Waals surface area contributed by atoms with Gasteiger partial charge in [0.2, 0.25) is 6.17 Å². The molecule has 0 radical (unpaired) electrons. The molecular formula is C17H24F10N2O7S2Si. The van der Waals surface area contributed by atoms with Crippen LogP contribution in [0.15, 0.2) is 24.5 Å². The number of rotatable bonds is 11. The molecule has 0 bridgehead atoms. The fraction of sp³-hybridized carbons (Fsp3) is 0.706. The second-order valence-electron chi connectivity index (χ2n) is 7.47. The molecule has 1 aromatic rings. The average Bonchev–Trinajstić information content (AvgIpc) is 2.80. The molecule has 1 rings (SSSR count). The van der Waals surface area contributed by atoms with Crippen molar-refractivity contribution in [1.82, 2.24) is 0 Å². The summed E-state index contributed by atoms with van der Waals surface area (Å²) in [6, 6.07) is 4.21. The first-order chi connectivity index (χ1) is 17.3. The Kier molecular flexibility index (Phi) is 12.4. The highest BCUT2D eigenvalue weighted by molar-refractivity contribution is 8.13. The van der Waals surface area contributed by atoms with Crippen LogP contribution < -0.4 is 4.57 Å². The van der Waals surface area contributed by atoms with Gasteiger partial charge in [0.05, 0.1) is 0 Å². The van der Waals surface area contributed by atoms with E-state index in [0.29, 0.717) is 16.2 Å². The molecule has 1 aromatic heterocycles. The first kappa shape index (κ1) is 37.4. The predicted molar refractivity (Wildman–Crippen MR) is 115 cm³/mol. The zero-order valence-electron chi connectivity index (χ0n) is 20.6. The Morgan fingerprint density at radius 3 is 1.54 bits per heavy atom. The standard InChI is InChI=1S/C13H24NO3Si.C4F10NO4S2/c1-6-12(2)13-8-7-9-14(10-13)11-18(15-3,16-4)17-5;5-1(6,7)3(11,12)20(16,17)15-21(18,19)4(13,14)2(8,9)10/h7-10,12H,6,11H2,1-5H3;/q+1;-1. The first-order valence-corrected chi connectivity index (χ1v) is 14.9. The fourth-order valence-electron chi connectivity index (χ4n) is 2.35. The van der Waals surface area contributed by atoms with E-state index in [4.69, 9.17) is 13.3 Å². The molecule has 0 aliphatic rings. The Balaban J connectivity index is 0.000000748. The van der Waals surface area contributed by atoms with Crippen LogP contribution in [0.5, 0.6) is 0 Å². The number of hydrogen-bond donors (Lipinski definition) is 0. The van der Waals surface area contributed by atoms with Gasteiger partial charge < -0.3 is 17.4 Å². The Bertz CT molecular complexity index is 1100. The minimum atomic E-state index is -7.62. The molecule has 230 valence electrons. The third kappa shape index (κ3) is 8.69. The van der Waals surface area contributed by atoms with Crippen LogP contribution in [0.2, 0.25) is 0 Å². The van der Waals surface area contributed by atoms with Crippen LogP contribution in [0.25, 0.3) is 4.13 Å². The highest BCUT2D eigenvalue weighted by atomic mass is 32.3. The van der Waals surface area contributed by atoms with Crippen LogP contribution in [0.3, 0.4) is 0 Å². The molecule has 9 nitrogen and oxygen atoms in total. The summed E-state index contributed by atoms with van der Waals surface area (Å²) >= 11 is 0. The maximum Gasteiger partial charge on any atom is 0.569 e. The van der Waals surface area contributed by atoms with Gasteiger partial charge in [-0.05, 0) is 18.4 Å². The summed E-state index contributed by atoms with van der Waals surface area (Å²) in [6.07, 6.45) is -8.08. The second-order valence-corrected chi connectivity index (χ2v) is 13.9. The van der Waals surface area contributed by atoms with Crippen molar-refractivity contribution in [3.8, 4) is 0 Å². The van der Waals surface area contributed by atoms with Crippen molar-refractivity contribution in [3.05, 3.63) is 34.2 Å². The van der Waals surface area contributed by atoms with Crippen LogP contribution >= 0.6 is 0 Å². The first-order valence-electron chi connectivity index (χ1n) is 10.1. The van der Waals surface area contributed by atoms with Crippen molar-refractivity contribution >= 4 is 28.9 Å². The minimum Gasteiger partial charge on any atom is -0.425 e. The zero-order valence-corrected chi connectivity index (χ0v) is 23.3. The molecule has 1 heterocycles. The predicted octanol–water partition coefficient (Wildman–Crippen LogP) is 4.23. The van der Waals surface area contributed by atoms with Gasteiger partial charge in [0.1, 0.15) is 0 Å². The third-order valence-corrected chi connectivity index (χ3v) is 10.8. The van der Waals surface area contributed by atoms with Crippen molar-refractivity contribution in [3.63, 3.8) is 0 Å². The molecule has 0 amide bonds. The lowest BCUT2D eigenvalue weighted by Gasteiger charge is -2.31. The van der Waals surface area contributed by atoms with Crippen molar-refractivity contribution in [2.24, 2.45) is 0 Å². The van der Waals surface area contributed by atoms with Crippen LogP contribution in [0.4, 0.5) is 43.9 Å². The molecule has 0 fully saturated rings. The van der Waals surface area contributed by atoms with Gasteiger partial charge in [-0.15, -0.1) is 0 Å². The summed E-state index contributed by atoms with van der Waals surface area (Å²) in [5, 5.41) is -14.0. The molecule has 0 saturated heterocycles. The molecule has 0 aliphatic heterocycles. The molecule has 39 heavy (non-hydrogen) atoms. The van der Waals surface area contributed by atoms with Crippen LogP contribution in [-0.2, 0) is 39.5 Å². The number of nitrogens with zero attached hydrogens (tertiary/aromatic N) is 2. The number of sulfonamides is 2. The second kappa shape index (κ2) is 12.9. The van der Waals surface area contributed by atoms with E-state index in [1.54, 1.807) is 21.3 Å².